The Hall–Kier alpha value is -2.74. The SMILES string of the molecule is COc1cnc(Cl)cc1C1=CCN(c2nc3ccc(C4=CCC(O)CC4)nc3s2)C(C)=C1. The molecule has 0 fully saturated rings. The van der Waals surface area contributed by atoms with Crippen molar-refractivity contribution in [1.82, 2.24) is 15.0 Å². The lowest BCUT2D eigenvalue weighted by Crippen LogP contribution is -2.23. The van der Waals surface area contributed by atoms with Gasteiger partial charge >= 0.3 is 0 Å². The number of allylic oxidation sites excluding steroid dienone is 4. The van der Waals surface area contributed by atoms with Crippen LogP contribution in [0.1, 0.15) is 37.4 Å². The zero-order chi connectivity index (χ0) is 22.2. The van der Waals surface area contributed by atoms with E-state index in [1.807, 2.05) is 18.2 Å². The van der Waals surface area contributed by atoms with E-state index in [0.29, 0.717) is 23.9 Å². The number of methoxy groups -OCH3 is 1. The smallest absolute Gasteiger partial charge is 0.192 e. The number of nitrogens with zero attached hydrogens (tertiary/aromatic N) is 4. The summed E-state index contributed by atoms with van der Waals surface area (Å²) in [5.74, 6) is 0.694. The molecule has 3 aromatic rings. The van der Waals surface area contributed by atoms with Gasteiger partial charge in [-0.3, -0.25) is 0 Å². The van der Waals surface area contributed by atoms with E-state index >= 15 is 0 Å². The van der Waals surface area contributed by atoms with Gasteiger partial charge in [0, 0.05) is 17.8 Å². The molecule has 0 saturated carbocycles. The fraction of sp³-hybridized carbons (Fsp3) is 0.292. The van der Waals surface area contributed by atoms with Gasteiger partial charge in [0.2, 0.25) is 0 Å². The predicted molar refractivity (Wildman–Crippen MR) is 130 cm³/mol. The largest absolute Gasteiger partial charge is 0.494 e. The van der Waals surface area contributed by atoms with E-state index < -0.39 is 0 Å². The summed E-state index contributed by atoms with van der Waals surface area (Å²) in [4.78, 5) is 16.9. The maximum Gasteiger partial charge on any atom is 0.192 e. The van der Waals surface area contributed by atoms with E-state index in [2.05, 4.69) is 35.0 Å². The van der Waals surface area contributed by atoms with Gasteiger partial charge in [-0.05, 0) is 61.6 Å². The quantitative estimate of drug-likeness (QED) is 0.513. The van der Waals surface area contributed by atoms with Gasteiger partial charge in [-0.1, -0.05) is 35.1 Å². The van der Waals surface area contributed by atoms with Gasteiger partial charge < -0.3 is 14.7 Å². The van der Waals surface area contributed by atoms with Gasteiger partial charge in [0.15, 0.2) is 5.13 Å². The molecule has 4 heterocycles. The number of ether oxygens (including phenoxy) is 1. The Morgan fingerprint density at radius 2 is 2.12 bits per heavy atom. The van der Waals surface area contributed by atoms with Crippen LogP contribution in [0.4, 0.5) is 5.13 Å². The van der Waals surface area contributed by atoms with Crippen molar-refractivity contribution >= 4 is 49.6 Å². The summed E-state index contributed by atoms with van der Waals surface area (Å²) in [6.07, 6.45) is 10.1. The van der Waals surface area contributed by atoms with Crippen LogP contribution in [0, 0.1) is 0 Å². The van der Waals surface area contributed by atoms with Gasteiger partial charge in [0.25, 0.3) is 0 Å². The maximum absolute atomic E-state index is 9.75. The Balaban J connectivity index is 1.42. The van der Waals surface area contributed by atoms with Crippen LogP contribution in [0.25, 0.3) is 21.5 Å². The minimum atomic E-state index is -0.229. The molecule has 1 unspecified atom stereocenters. The number of hydrogen-bond donors (Lipinski definition) is 1. The van der Waals surface area contributed by atoms with Crippen LogP contribution in [0.5, 0.6) is 5.75 Å². The first-order valence-electron chi connectivity index (χ1n) is 10.5. The van der Waals surface area contributed by atoms with Gasteiger partial charge in [-0.25, -0.2) is 15.0 Å². The second-order valence-electron chi connectivity index (χ2n) is 7.94. The number of halogens is 1. The molecule has 0 saturated heterocycles. The topological polar surface area (TPSA) is 71.4 Å². The number of hydrogen-bond acceptors (Lipinski definition) is 7. The molecule has 0 spiro atoms. The Labute approximate surface area is 195 Å². The zero-order valence-electron chi connectivity index (χ0n) is 17.9. The Bertz CT molecular complexity index is 1280. The van der Waals surface area contributed by atoms with Crippen LogP contribution in [0.15, 0.2) is 48.3 Å². The van der Waals surface area contributed by atoms with Gasteiger partial charge in [0.1, 0.15) is 21.2 Å². The monoisotopic (exact) mass is 466 g/mol. The van der Waals surface area contributed by atoms with Crippen LogP contribution in [-0.2, 0) is 0 Å². The number of rotatable bonds is 4. The molecule has 32 heavy (non-hydrogen) atoms. The van der Waals surface area contributed by atoms with E-state index in [-0.39, 0.29) is 6.10 Å². The van der Waals surface area contributed by atoms with Crippen LogP contribution in [-0.4, -0.2) is 39.8 Å². The molecule has 0 bridgehead atoms. The number of fused-ring (bicyclic) bond motifs is 1. The molecule has 1 atom stereocenters. The molecule has 3 aromatic heterocycles. The lowest BCUT2D eigenvalue weighted by Gasteiger charge is -2.25. The summed E-state index contributed by atoms with van der Waals surface area (Å²) < 4.78 is 5.47. The zero-order valence-corrected chi connectivity index (χ0v) is 19.5. The van der Waals surface area contributed by atoms with Gasteiger partial charge in [-0.2, -0.15) is 0 Å². The maximum atomic E-state index is 9.75. The van der Waals surface area contributed by atoms with Crippen molar-refractivity contribution in [3.8, 4) is 5.75 Å². The van der Waals surface area contributed by atoms with E-state index in [4.69, 9.17) is 26.3 Å². The highest BCUT2D eigenvalue weighted by Gasteiger charge is 2.20. The summed E-state index contributed by atoms with van der Waals surface area (Å²) in [6, 6.07) is 5.90. The minimum absolute atomic E-state index is 0.229. The van der Waals surface area contributed by atoms with E-state index in [0.717, 1.165) is 50.8 Å². The molecule has 0 aromatic carbocycles. The molecule has 0 radical (unpaired) electrons. The summed E-state index contributed by atoms with van der Waals surface area (Å²) in [7, 11) is 1.63. The Morgan fingerprint density at radius 1 is 1.25 bits per heavy atom. The van der Waals surface area contributed by atoms with Crippen LogP contribution >= 0.6 is 22.9 Å². The van der Waals surface area contributed by atoms with Crippen molar-refractivity contribution in [1.29, 1.82) is 0 Å². The van der Waals surface area contributed by atoms with Crippen LogP contribution in [0.3, 0.4) is 0 Å². The molecule has 164 valence electrons. The van der Waals surface area contributed by atoms with Gasteiger partial charge in [-0.15, -0.1) is 0 Å². The number of pyridine rings is 2. The molecule has 5 rings (SSSR count). The summed E-state index contributed by atoms with van der Waals surface area (Å²) in [6.45, 7) is 2.77. The summed E-state index contributed by atoms with van der Waals surface area (Å²) in [5, 5.41) is 11.1. The highest BCUT2D eigenvalue weighted by molar-refractivity contribution is 7.21. The van der Waals surface area contributed by atoms with Crippen molar-refractivity contribution in [2.24, 2.45) is 0 Å². The third-order valence-electron chi connectivity index (χ3n) is 5.84. The van der Waals surface area contributed by atoms with E-state index in [1.165, 1.54) is 5.57 Å². The molecular weight excluding hydrogens is 444 g/mol. The van der Waals surface area contributed by atoms with Crippen LogP contribution in [0.2, 0.25) is 5.15 Å². The molecule has 1 aliphatic carbocycles. The normalized spacial score (nSPS) is 18.9. The molecular formula is C24H23ClN4O2S. The number of anilines is 1. The van der Waals surface area contributed by atoms with E-state index in [9.17, 15) is 5.11 Å². The first-order chi connectivity index (χ1) is 15.5. The van der Waals surface area contributed by atoms with Crippen molar-refractivity contribution in [3.05, 3.63) is 64.7 Å². The second-order valence-corrected chi connectivity index (χ2v) is 9.28. The van der Waals surface area contributed by atoms with Gasteiger partial charge in [0.05, 0.1) is 25.1 Å². The fourth-order valence-corrected chi connectivity index (χ4v) is 5.24. The molecule has 2 aliphatic rings. The third-order valence-corrected chi connectivity index (χ3v) is 7.03. The Kier molecular flexibility index (Phi) is 5.71. The third kappa shape index (κ3) is 4.03. The van der Waals surface area contributed by atoms with Crippen molar-refractivity contribution in [3.63, 3.8) is 0 Å². The lowest BCUT2D eigenvalue weighted by molar-refractivity contribution is 0.166. The molecule has 0 amide bonds. The fourth-order valence-electron chi connectivity index (χ4n) is 4.07. The molecule has 8 heteroatoms. The summed E-state index contributed by atoms with van der Waals surface area (Å²) >= 11 is 7.71. The number of thiazole rings is 1. The Morgan fingerprint density at radius 3 is 2.88 bits per heavy atom. The lowest BCUT2D eigenvalue weighted by atomic mass is 9.95. The standard InChI is InChI=1S/C24H23ClN4O2S/c1-14-11-16(18-12-22(25)26-13-21(18)31-2)9-10-29(14)24-28-20-8-7-19(27-23(20)32-24)15-3-5-17(30)6-4-15/h3,7-9,11-13,17,30H,4-6,10H2,1-2H3. The van der Waals surface area contributed by atoms with Crippen molar-refractivity contribution in [2.45, 2.75) is 32.3 Å². The average Bonchev–Trinajstić information content (AvgIpc) is 3.22. The average molecular weight is 467 g/mol. The molecule has 1 N–H and O–H groups in total. The van der Waals surface area contributed by atoms with Crippen molar-refractivity contribution < 1.29 is 9.84 Å². The first kappa shape index (κ1) is 21.1. The second kappa shape index (κ2) is 8.65. The highest BCUT2D eigenvalue weighted by Crippen LogP contribution is 2.36. The van der Waals surface area contributed by atoms with E-state index in [1.54, 1.807) is 24.6 Å². The summed E-state index contributed by atoms with van der Waals surface area (Å²) in [5.41, 5.74) is 6.14. The molecule has 6 nitrogen and oxygen atoms in total. The highest BCUT2D eigenvalue weighted by atomic mass is 35.5. The number of aromatic nitrogens is 3. The van der Waals surface area contributed by atoms with Crippen molar-refractivity contribution in [2.75, 3.05) is 18.6 Å². The van der Waals surface area contributed by atoms with Crippen LogP contribution < -0.4 is 9.64 Å². The minimum Gasteiger partial charge on any atom is -0.494 e. The molecule has 1 aliphatic heterocycles. The predicted octanol–water partition coefficient (Wildman–Crippen LogP) is 5.48. The number of aliphatic hydroxyl groups is 1. The number of aliphatic hydroxyl groups excluding tert-OH is 1. The first-order valence-corrected chi connectivity index (χ1v) is 11.7.